The van der Waals surface area contributed by atoms with Gasteiger partial charge in [0.25, 0.3) is 0 Å². The zero-order chi connectivity index (χ0) is 19.5. The summed E-state index contributed by atoms with van der Waals surface area (Å²) in [6.07, 6.45) is 5.05. The summed E-state index contributed by atoms with van der Waals surface area (Å²) in [5, 5.41) is 2.98. The fourth-order valence-corrected chi connectivity index (χ4v) is 3.52. The first-order valence-corrected chi connectivity index (χ1v) is 9.74. The van der Waals surface area contributed by atoms with Gasteiger partial charge in [0, 0.05) is 28.0 Å². The standard InChI is InChI=1S/C21H19BrN4O2/c1-14-12-28-20-7-6-15(17-9-23-13-24-10-17)8-16(20)11-26(14)21(27)25-19-5-3-2-4-18(19)22/h2-10,13-14H,11-12H2,1H3,(H,25,27)/t14-/m0/s1. The van der Waals surface area contributed by atoms with Crippen LogP contribution in [0.5, 0.6) is 5.75 Å². The Morgan fingerprint density at radius 1 is 1.18 bits per heavy atom. The van der Waals surface area contributed by atoms with E-state index in [2.05, 4.69) is 31.2 Å². The average molecular weight is 439 g/mol. The highest BCUT2D eigenvalue weighted by Gasteiger charge is 2.26. The Bertz CT molecular complexity index is 997. The van der Waals surface area contributed by atoms with E-state index in [1.165, 1.54) is 6.33 Å². The molecule has 0 fully saturated rings. The van der Waals surface area contributed by atoms with Crippen molar-refractivity contribution in [3.63, 3.8) is 0 Å². The Hall–Kier alpha value is -2.93. The minimum absolute atomic E-state index is 0.0709. The molecule has 0 unspecified atom stereocenters. The summed E-state index contributed by atoms with van der Waals surface area (Å²) in [7, 11) is 0. The summed E-state index contributed by atoms with van der Waals surface area (Å²) in [5.41, 5.74) is 3.60. The second kappa shape index (κ2) is 7.98. The molecule has 3 aromatic rings. The van der Waals surface area contributed by atoms with Crippen LogP contribution in [0.25, 0.3) is 11.1 Å². The molecule has 0 radical (unpaired) electrons. The second-order valence-electron chi connectivity index (χ2n) is 6.65. The number of nitrogens with one attached hydrogen (secondary N) is 1. The number of para-hydroxylation sites is 1. The number of carbonyl (C=O) groups excluding carboxylic acids is 1. The highest BCUT2D eigenvalue weighted by molar-refractivity contribution is 9.10. The molecule has 1 aromatic heterocycles. The van der Waals surface area contributed by atoms with E-state index in [0.29, 0.717) is 13.2 Å². The van der Waals surface area contributed by atoms with Gasteiger partial charge in [0.1, 0.15) is 18.7 Å². The van der Waals surface area contributed by atoms with Crippen molar-refractivity contribution in [1.29, 1.82) is 0 Å². The number of ether oxygens (including phenoxy) is 1. The predicted molar refractivity (Wildman–Crippen MR) is 111 cm³/mol. The number of hydrogen-bond donors (Lipinski definition) is 1. The number of carbonyl (C=O) groups is 1. The normalized spacial score (nSPS) is 15.9. The molecule has 0 spiro atoms. The van der Waals surface area contributed by atoms with Crippen LogP contribution in [0.2, 0.25) is 0 Å². The van der Waals surface area contributed by atoms with Crippen molar-refractivity contribution in [3.05, 3.63) is 71.2 Å². The highest BCUT2D eigenvalue weighted by Crippen LogP contribution is 2.30. The van der Waals surface area contributed by atoms with Gasteiger partial charge in [-0.3, -0.25) is 0 Å². The fraction of sp³-hybridized carbons (Fsp3) is 0.190. The first kappa shape index (κ1) is 18.4. The van der Waals surface area contributed by atoms with Gasteiger partial charge in [-0.2, -0.15) is 0 Å². The molecule has 1 aliphatic rings. The number of fused-ring (bicyclic) bond motifs is 1. The van der Waals surface area contributed by atoms with Crippen molar-refractivity contribution in [2.75, 3.05) is 11.9 Å². The number of rotatable bonds is 2. The molecule has 28 heavy (non-hydrogen) atoms. The van der Waals surface area contributed by atoms with E-state index < -0.39 is 0 Å². The summed E-state index contributed by atoms with van der Waals surface area (Å²) in [6, 6.07) is 13.3. The zero-order valence-corrected chi connectivity index (χ0v) is 16.9. The summed E-state index contributed by atoms with van der Waals surface area (Å²) >= 11 is 3.47. The second-order valence-corrected chi connectivity index (χ2v) is 7.50. The number of halogens is 1. The van der Waals surface area contributed by atoms with Gasteiger partial charge in [-0.1, -0.05) is 18.2 Å². The number of amides is 2. The van der Waals surface area contributed by atoms with Crippen LogP contribution in [0.3, 0.4) is 0 Å². The Labute approximate surface area is 171 Å². The summed E-state index contributed by atoms with van der Waals surface area (Å²) in [5.74, 6) is 0.795. The maximum atomic E-state index is 13.0. The molecule has 142 valence electrons. The Kier molecular flexibility index (Phi) is 5.25. The van der Waals surface area contributed by atoms with Crippen molar-refractivity contribution in [1.82, 2.24) is 14.9 Å². The van der Waals surface area contributed by atoms with E-state index in [1.807, 2.05) is 49.4 Å². The van der Waals surface area contributed by atoms with E-state index in [1.54, 1.807) is 17.3 Å². The van der Waals surface area contributed by atoms with E-state index in [9.17, 15) is 4.79 Å². The lowest BCUT2D eigenvalue weighted by molar-refractivity contribution is 0.168. The molecule has 0 saturated heterocycles. The van der Waals surface area contributed by atoms with E-state index in [0.717, 1.165) is 32.6 Å². The van der Waals surface area contributed by atoms with E-state index >= 15 is 0 Å². The Balaban J connectivity index is 1.61. The number of aromatic nitrogens is 2. The van der Waals surface area contributed by atoms with Gasteiger partial charge in [0.2, 0.25) is 0 Å². The van der Waals surface area contributed by atoms with Crippen LogP contribution >= 0.6 is 15.9 Å². The number of anilines is 1. The third-order valence-electron chi connectivity index (χ3n) is 4.68. The van der Waals surface area contributed by atoms with Crippen LogP contribution < -0.4 is 10.1 Å². The molecule has 0 bridgehead atoms. The van der Waals surface area contributed by atoms with Crippen molar-refractivity contribution in [3.8, 4) is 16.9 Å². The molecule has 2 amide bonds. The SMILES string of the molecule is C[C@H]1COc2ccc(-c3cncnc3)cc2CN1C(=O)Nc1ccccc1Br. The van der Waals surface area contributed by atoms with Gasteiger partial charge in [0.05, 0.1) is 18.3 Å². The minimum atomic E-state index is -0.163. The summed E-state index contributed by atoms with van der Waals surface area (Å²) in [6.45, 7) is 2.87. The van der Waals surface area contributed by atoms with Gasteiger partial charge < -0.3 is 15.0 Å². The van der Waals surface area contributed by atoms with E-state index in [4.69, 9.17) is 4.74 Å². The van der Waals surface area contributed by atoms with Crippen molar-refractivity contribution in [2.45, 2.75) is 19.5 Å². The van der Waals surface area contributed by atoms with Gasteiger partial charge in [0.15, 0.2) is 0 Å². The largest absolute Gasteiger partial charge is 0.491 e. The molecule has 7 heteroatoms. The molecule has 6 nitrogen and oxygen atoms in total. The maximum Gasteiger partial charge on any atom is 0.322 e. The van der Waals surface area contributed by atoms with Gasteiger partial charge in [-0.05, 0) is 52.7 Å². The molecule has 0 saturated carbocycles. The zero-order valence-electron chi connectivity index (χ0n) is 15.3. The van der Waals surface area contributed by atoms with Crippen LogP contribution in [-0.2, 0) is 6.54 Å². The Morgan fingerprint density at radius 3 is 2.75 bits per heavy atom. The number of benzene rings is 2. The number of hydrogen-bond acceptors (Lipinski definition) is 4. The lowest BCUT2D eigenvalue weighted by Crippen LogP contribution is -2.42. The predicted octanol–water partition coefficient (Wildman–Crippen LogP) is 4.72. The molecule has 4 rings (SSSR count). The van der Waals surface area contributed by atoms with Crippen LogP contribution in [0.4, 0.5) is 10.5 Å². The first-order valence-electron chi connectivity index (χ1n) is 8.95. The van der Waals surface area contributed by atoms with Crippen LogP contribution in [0.1, 0.15) is 12.5 Å². The number of nitrogens with zero attached hydrogens (tertiary/aromatic N) is 3. The number of urea groups is 1. The van der Waals surface area contributed by atoms with Crippen LogP contribution in [0.15, 0.2) is 65.7 Å². The summed E-state index contributed by atoms with van der Waals surface area (Å²) < 4.78 is 6.79. The Morgan fingerprint density at radius 2 is 1.96 bits per heavy atom. The van der Waals surface area contributed by atoms with Gasteiger partial charge in [-0.25, -0.2) is 14.8 Å². The van der Waals surface area contributed by atoms with E-state index in [-0.39, 0.29) is 12.1 Å². The molecule has 2 heterocycles. The van der Waals surface area contributed by atoms with Crippen molar-refractivity contribution in [2.24, 2.45) is 0 Å². The molecule has 0 aliphatic carbocycles. The molecular weight excluding hydrogens is 420 g/mol. The highest BCUT2D eigenvalue weighted by atomic mass is 79.9. The molecular formula is C21H19BrN4O2. The summed E-state index contributed by atoms with van der Waals surface area (Å²) in [4.78, 5) is 22.9. The molecule has 1 N–H and O–H groups in total. The maximum absolute atomic E-state index is 13.0. The third kappa shape index (κ3) is 3.84. The van der Waals surface area contributed by atoms with Crippen LogP contribution in [-0.4, -0.2) is 33.5 Å². The average Bonchev–Trinajstić information content (AvgIpc) is 2.89. The quantitative estimate of drug-likeness (QED) is 0.628. The van der Waals surface area contributed by atoms with Crippen molar-refractivity contribution < 1.29 is 9.53 Å². The molecule has 1 atom stereocenters. The molecule has 1 aliphatic heterocycles. The third-order valence-corrected chi connectivity index (χ3v) is 5.38. The molecule has 2 aromatic carbocycles. The van der Waals surface area contributed by atoms with Gasteiger partial charge in [-0.15, -0.1) is 0 Å². The lowest BCUT2D eigenvalue weighted by Gasteiger charge is -2.26. The topological polar surface area (TPSA) is 67.4 Å². The van der Waals surface area contributed by atoms with Gasteiger partial charge >= 0.3 is 6.03 Å². The lowest BCUT2D eigenvalue weighted by atomic mass is 10.0. The fourth-order valence-electron chi connectivity index (χ4n) is 3.13. The van der Waals surface area contributed by atoms with Crippen LogP contribution in [0, 0.1) is 0 Å². The minimum Gasteiger partial charge on any atom is -0.491 e. The first-order chi connectivity index (χ1) is 13.6. The smallest absolute Gasteiger partial charge is 0.322 e. The van der Waals surface area contributed by atoms with Crippen molar-refractivity contribution >= 4 is 27.6 Å². The monoisotopic (exact) mass is 438 g/mol.